The van der Waals surface area contributed by atoms with Crippen LogP contribution >= 0.6 is 0 Å². The third-order valence-electron chi connectivity index (χ3n) is 4.00. The fraction of sp³-hybridized carbons (Fsp3) is 0.562. The van der Waals surface area contributed by atoms with Crippen LogP contribution in [0.1, 0.15) is 43.0 Å². The zero-order valence-electron chi connectivity index (χ0n) is 11.4. The SMILES string of the molecule is CC1COc2ccc(C(=O)C3CCCC3)cc2OC1. The van der Waals surface area contributed by atoms with Crippen molar-refractivity contribution in [3.63, 3.8) is 0 Å². The van der Waals surface area contributed by atoms with Gasteiger partial charge in [0.2, 0.25) is 0 Å². The lowest BCUT2D eigenvalue weighted by Crippen LogP contribution is -2.12. The van der Waals surface area contributed by atoms with Crippen molar-refractivity contribution in [2.45, 2.75) is 32.6 Å². The minimum Gasteiger partial charge on any atom is -0.489 e. The van der Waals surface area contributed by atoms with Crippen LogP contribution in [0.4, 0.5) is 0 Å². The number of benzene rings is 1. The van der Waals surface area contributed by atoms with Gasteiger partial charge in [-0.2, -0.15) is 0 Å². The van der Waals surface area contributed by atoms with E-state index in [1.807, 2.05) is 18.2 Å². The molecule has 0 amide bonds. The molecule has 0 saturated heterocycles. The Balaban J connectivity index is 1.82. The van der Waals surface area contributed by atoms with E-state index in [9.17, 15) is 4.79 Å². The molecule has 1 atom stereocenters. The average Bonchev–Trinajstić information content (AvgIpc) is 2.90. The predicted molar refractivity (Wildman–Crippen MR) is 72.9 cm³/mol. The second kappa shape index (κ2) is 5.24. The Morgan fingerprint density at radius 2 is 1.79 bits per heavy atom. The summed E-state index contributed by atoms with van der Waals surface area (Å²) in [5.74, 6) is 2.33. The smallest absolute Gasteiger partial charge is 0.166 e. The highest BCUT2D eigenvalue weighted by molar-refractivity contribution is 5.98. The summed E-state index contributed by atoms with van der Waals surface area (Å²) in [6.07, 6.45) is 4.42. The molecule has 0 bridgehead atoms. The van der Waals surface area contributed by atoms with Crippen LogP contribution in [-0.4, -0.2) is 19.0 Å². The standard InChI is InChI=1S/C16H20O3/c1-11-9-18-14-7-6-13(8-15(14)19-10-11)16(17)12-4-2-3-5-12/h6-8,11-12H,2-5,9-10H2,1H3. The van der Waals surface area contributed by atoms with E-state index in [1.54, 1.807) is 0 Å². The van der Waals surface area contributed by atoms with Crippen LogP contribution in [0.15, 0.2) is 18.2 Å². The summed E-state index contributed by atoms with van der Waals surface area (Å²) in [4.78, 5) is 12.4. The minimum absolute atomic E-state index is 0.212. The number of hydrogen-bond donors (Lipinski definition) is 0. The number of ketones is 1. The molecule has 3 heteroatoms. The van der Waals surface area contributed by atoms with Crippen molar-refractivity contribution >= 4 is 5.78 Å². The van der Waals surface area contributed by atoms with Crippen LogP contribution in [0, 0.1) is 11.8 Å². The highest BCUT2D eigenvalue weighted by Gasteiger charge is 2.25. The van der Waals surface area contributed by atoms with Crippen LogP contribution < -0.4 is 9.47 Å². The second-order valence-electron chi connectivity index (χ2n) is 5.73. The Bertz CT molecular complexity index is 475. The van der Waals surface area contributed by atoms with Crippen LogP contribution in [-0.2, 0) is 0 Å². The molecular formula is C16H20O3. The van der Waals surface area contributed by atoms with E-state index in [4.69, 9.17) is 9.47 Å². The average molecular weight is 260 g/mol. The first-order chi connectivity index (χ1) is 9.24. The van der Waals surface area contributed by atoms with Crippen molar-refractivity contribution in [3.05, 3.63) is 23.8 Å². The van der Waals surface area contributed by atoms with Crippen LogP contribution in [0.2, 0.25) is 0 Å². The van der Waals surface area contributed by atoms with Crippen molar-refractivity contribution in [2.75, 3.05) is 13.2 Å². The van der Waals surface area contributed by atoms with Gasteiger partial charge in [0.05, 0.1) is 13.2 Å². The van der Waals surface area contributed by atoms with Crippen LogP contribution in [0.3, 0.4) is 0 Å². The number of hydrogen-bond acceptors (Lipinski definition) is 3. The summed E-state index contributed by atoms with van der Waals surface area (Å²) < 4.78 is 11.4. The van der Waals surface area contributed by atoms with Gasteiger partial charge >= 0.3 is 0 Å². The maximum Gasteiger partial charge on any atom is 0.166 e. The van der Waals surface area contributed by atoms with E-state index in [0.717, 1.165) is 24.2 Å². The molecule has 102 valence electrons. The Kier molecular flexibility index (Phi) is 3.45. The summed E-state index contributed by atoms with van der Waals surface area (Å²) in [5, 5.41) is 0. The summed E-state index contributed by atoms with van der Waals surface area (Å²) in [6.45, 7) is 3.41. The van der Waals surface area contributed by atoms with Crippen molar-refractivity contribution < 1.29 is 14.3 Å². The van der Waals surface area contributed by atoms with Crippen LogP contribution in [0.5, 0.6) is 11.5 Å². The molecule has 1 aliphatic heterocycles. The van der Waals surface area contributed by atoms with E-state index in [1.165, 1.54) is 12.8 Å². The Morgan fingerprint density at radius 1 is 1.11 bits per heavy atom. The highest BCUT2D eigenvalue weighted by atomic mass is 16.5. The van der Waals surface area contributed by atoms with Gasteiger partial charge in [0, 0.05) is 17.4 Å². The number of carbonyl (C=O) groups excluding carboxylic acids is 1. The van der Waals surface area contributed by atoms with E-state index >= 15 is 0 Å². The molecule has 1 aromatic rings. The lowest BCUT2D eigenvalue weighted by molar-refractivity contribution is 0.0922. The Labute approximate surface area is 113 Å². The van der Waals surface area contributed by atoms with Crippen molar-refractivity contribution in [2.24, 2.45) is 11.8 Å². The molecule has 0 spiro atoms. The Morgan fingerprint density at radius 3 is 2.53 bits per heavy atom. The van der Waals surface area contributed by atoms with Crippen molar-refractivity contribution in [1.82, 2.24) is 0 Å². The van der Waals surface area contributed by atoms with Crippen LogP contribution in [0.25, 0.3) is 0 Å². The topological polar surface area (TPSA) is 35.5 Å². The molecule has 0 radical (unpaired) electrons. The highest BCUT2D eigenvalue weighted by Crippen LogP contribution is 2.34. The predicted octanol–water partition coefficient (Wildman–Crippen LogP) is 3.47. The van der Waals surface area contributed by atoms with Crippen molar-refractivity contribution in [3.8, 4) is 11.5 Å². The molecule has 1 aliphatic carbocycles. The number of rotatable bonds is 2. The second-order valence-corrected chi connectivity index (χ2v) is 5.73. The fourth-order valence-electron chi connectivity index (χ4n) is 2.83. The van der Waals surface area contributed by atoms with E-state index < -0.39 is 0 Å². The van der Waals surface area contributed by atoms with Gasteiger partial charge in [-0.3, -0.25) is 4.79 Å². The maximum absolute atomic E-state index is 12.4. The van der Waals surface area contributed by atoms with E-state index in [0.29, 0.717) is 24.9 Å². The molecule has 1 unspecified atom stereocenters. The maximum atomic E-state index is 12.4. The van der Waals surface area contributed by atoms with Gasteiger partial charge in [0.25, 0.3) is 0 Å². The molecule has 0 aromatic heterocycles. The van der Waals surface area contributed by atoms with E-state index in [2.05, 4.69) is 6.92 Å². The molecule has 1 aromatic carbocycles. The third kappa shape index (κ3) is 2.60. The molecule has 1 heterocycles. The quantitative estimate of drug-likeness (QED) is 0.764. The van der Waals surface area contributed by atoms with Gasteiger partial charge in [-0.25, -0.2) is 0 Å². The zero-order chi connectivity index (χ0) is 13.2. The number of ether oxygens (including phenoxy) is 2. The van der Waals surface area contributed by atoms with Gasteiger partial charge < -0.3 is 9.47 Å². The van der Waals surface area contributed by atoms with Gasteiger partial charge in [-0.1, -0.05) is 19.8 Å². The van der Waals surface area contributed by atoms with Gasteiger partial charge in [-0.15, -0.1) is 0 Å². The first-order valence-corrected chi connectivity index (χ1v) is 7.18. The van der Waals surface area contributed by atoms with Crippen molar-refractivity contribution in [1.29, 1.82) is 0 Å². The number of Topliss-reactive ketones (excluding diaryl/α,β-unsaturated/α-hetero) is 1. The fourth-order valence-corrected chi connectivity index (χ4v) is 2.83. The van der Waals surface area contributed by atoms with Gasteiger partial charge in [-0.05, 0) is 31.0 Å². The number of carbonyl (C=O) groups is 1. The molecular weight excluding hydrogens is 240 g/mol. The first-order valence-electron chi connectivity index (χ1n) is 7.18. The lowest BCUT2D eigenvalue weighted by atomic mass is 9.96. The molecule has 1 fully saturated rings. The van der Waals surface area contributed by atoms with Gasteiger partial charge in [0.15, 0.2) is 17.3 Å². The van der Waals surface area contributed by atoms with Gasteiger partial charge in [0.1, 0.15) is 0 Å². The summed E-state index contributed by atoms with van der Waals surface area (Å²) in [6, 6.07) is 5.60. The molecule has 1 saturated carbocycles. The molecule has 0 N–H and O–H groups in total. The monoisotopic (exact) mass is 260 g/mol. The summed E-state index contributed by atoms with van der Waals surface area (Å²) >= 11 is 0. The minimum atomic E-state index is 0.212. The lowest BCUT2D eigenvalue weighted by Gasteiger charge is -2.11. The summed E-state index contributed by atoms with van der Waals surface area (Å²) in [5.41, 5.74) is 0.767. The molecule has 19 heavy (non-hydrogen) atoms. The van der Waals surface area contributed by atoms with E-state index in [-0.39, 0.29) is 11.7 Å². The summed E-state index contributed by atoms with van der Waals surface area (Å²) in [7, 11) is 0. The Hall–Kier alpha value is -1.51. The first kappa shape index (κ1) is 12.5. The number of fused-ring (bicyclic) bond motifs is 1. The third-order valence-corrected chi connectivity index (χ3v) is 4.00. The molecule has 2 aliphatic rings. The normalized spacial score (nSPS) is 23.1. The molecule has 3 rings (SSSR count). The zero-order valence-corrected chi connectivity index (χ0v) is 11.4. The largest absolute Gasteiger partial charge is 0.489 e. The molecule has 3 nitrogen and oxygen atoms in total.